The highest BCUT2D eigenvalue weighted by atomic mass is 16.5. The van der Waals surface area contributed by atoms with Gasteiger partial charge >= 0.3 is 18.0 Å². The highest BCUT2D eigenvalue weighted by Crippen LogP contribution is 2.22. The zero-order valence-electron chi connectivity index (χ0n) is 10.6. The van der Waals surface area contributed by atoms with Gasteiger partial charge in [0.15, 0.2) is 0 Å². The van der Waals surface area contributed by atoms with Crippen molar-refractivity contribution in [2.75, 3.05) is 14.2 Å². The zero-order chi connectivity index (χ0) is 13.0. The zero-order valence-corrected chi connectivity index (χ0v) is 10.6. The fourth-order valence-corrected chi connectivity index (χ4v) is 1.91. The number of nitrogens with zero attached hydrogens (tertiary/aromatic N) is 3. The van der Waals surface area contributed by atoms with Crippen molar-refractivity contribution in [1.29, 1.82) is 0 Å². The Morgan fingerprint density at radius 1 is 0.889 bits per heavy atom. The van der Waals surface area contributed by atoms with Crippen LogP contribution in [0, 0.1) is 0 Å². The van der Waals surface area contributed by atoms with Gasteiger partial charge in [-0.05, 0) is 25.7 Å². The topological polar surface area (TPSA) is 92.4 Å². The first-order chi connectivity index (χ1) is 8.71. The van der Waals surface area contributed by atoms with E-state index in [1.165, 1.54) is 14.2 Å². The van der Waals surface area contributed by atoms with Crippen molar-refractivity contribution in [3.8, 4) is 18.0 Å². The Labute approximate surface area is 106 Å². The van der Waals surface area contributed by atoms with Crippen molar-refractivity contribution in [2.45, 2.75) is 37.8 Å². The van der Waals surface area contributed by atoms with Crippen LogP contribution < -0.4 is 19.9 Å². The second kappa shape index (κ2) is 5.81. The van der Waals surface area contributed by atoms with E-state index >= 15 is 0 Å². The van der Waals surface area contributed by atoms with Crippen molar-refractivity contribution in [3.05, 3.63) is 0 Å². The lowest BCUT2D eigenvalue weighted by molar-refractivity contribution is 0.131. The monoisotopic (exact) mass is 254 g/mol. The molecule has 0 atom stereocenters. The van der Waals surface area contributed by atoms with Crippen LogP contribution >= 0.6 is 0 Å². The SMILES string of the molecule is COc1nc(OC)nc(OC2CCC(N)CC2)n1. The highest BCUT2D eigenvalue weighted by Gasteiger charge is 2.21. The molecule has 0 aromatic carbocycles. The molecule has 0 spiro atoms. The Kier molecular flexibility index (Phi) is 4.14. The molecule has 2 rings (SSSR count). The van der Waals surface area contributed by atoms with E-state index in [0.29, 0.717) is 0 Å². The summed E-state index contributed by atoms with van der Waals surface area (Å²) in [6, 6.07) is 0.889. The molecule has 18 heavy (non-hydrogen) atoms. The maximum absolute atomic E-state index is 5.84. The maximum Gasteiger partial charge on any atom is 0.326 e. The molecule has 7 heteroatoms. The summed E-state index contributed by atoms with van der Waals surface area (Å²) in [5.41, 5.74) is 5.84. The molecule has 1 aliphatic rings. The number of rotatable bonds is 4. The van der Waals surface area contributed by atoms with Gasteiger partial charge in [0.25, 0.3) is 0 Å². The smallest absolute Gasteiger partial charge is 0.326 e. The number of aromatic nitrogens is 3. The number of hydrogen-bond donors (Lipinski definition) is 1. The molecular formula is C11H18N4O3. The van der Waals surface area contributed by atoms with Gasteiger partial charge in [0.2, 0.25) is 0 Å². The molecule has 0 radical (unpaired) electrons. The fraction of sp³-hybridized carbons (Fsp3) is 0.727. The summed E-state index contributed by atoms with van der Waals surface area (Å²) in [5.74, 6) is 0. The van der Waals surface area contributed by atoms with Crippen LogP contribution in [0.15, 0.2) is 0 Å². The largest absolute Gasteiger partial charge is 0.467 e. The summed E-state index contributed by atoms with van der Waals surface area (Å²) in [6.07, 6.45) is 3.85. The molecule has 2 N–H and O–H groups in total. The summed E-state index contributed by atoms with van der Waals surface area (Å²) in [5, 5.41) is 0. The van der Waals surface area contributed by atoms with Gasteiger partial charge in [0.1, 0.15) is 6.10 Å². The minimum atomic E-state index is 0.0987. The third-order valence-electron chi connectivity index (χ3n) is 2.93. The van der Waals surface area contributed by atoms with Crippen molar-refractivity contribution in [2.24, 2.45) is 5.73 Å². The fourth-order valence-electron chi connectivity index (χ4n) is 1.91. The standard InChI is InChI=1S/C11H18N4O3/c1-16-9-13-10(17-2)15-11(14-9)18-8-5-3-7(12)4-6-8/h7-8H,3-6,12H2,1-2H3. The van der Waals surface area contributed by atoms with Crippen LogP contribution in [0.25, 0.3) is 0 Å². The van der Waals surface area contributed by atoms with Gasteiger partial charge in [-0.15, -0.1) is 15.0 Å². The van der Waals surface area contributed by atoms with Gasteiger partial charge in [-0.2, -0.15) is 0 Å². The van der Waals surface area contributed by atoms with Crippen molar-refractivity contribution in [1.82, 2.24) is 15.0 Å². The van der Waals surface area contributed by atoms with E-state index in [-0.39, 0.29) is 30.2 Å². The van der Waals surface area contributed by atoms with Crippen LogP contribution in [0.3, 0.4) is 0 Å². The first-order valence-corrected chi connectivity index (χ1v) is 5.97. The van der Waals surface area contributed by atoms with E-state index in [9.17, 15) is 0 Å². The molecule has 1 saturated carbocycles. The molecule has 0 saturated heterocycles. The van der Waals surface area contributed by atoms with Gasteiger partial charge in [0.05, 0.1) is 14.2 Å². The Morgan fingerprint density at radius 2 is 1.39 bits per heavy atom. The van der Waals surface area contributed by atoms with E-state index in [0.717, 1.165) is 25.7 Å². The summed E-state index contributed by atoms with van der Waals surface area (Å²) in [6.45, 7) is 0. The third-order valence-corrected chi connectivity index (χ3v) is 2.93. The molecule has 0 aliphatic heterocycles. The molecule has 0 bridgehead atoms. The average molecular weight is 254 g/mol. The van der Waals surface area contributed by atoms with E-state index < -0.39 is 0 Å². The molecule has 1 aliphatic carbocycles. The minimum absolute atomic E-state index is 0.0987. The number of methoxy groups -OCH3 is 2. The molecule has 1 heterocycles. The summed E-state index contributed by atoms with van der Waals surface area (Å²) in [7, 11) is 2.97. The first kappa shape index (κ1) is 12.8. The van der Waals surface area contributed by atoms with E-state index in [1.807, 2.05) is 0 Å². The lowest BCUT2D eigenvalue weighted by Gasteiger charge is -2.25. The molecule has 7 nitrogen and oxygen atoms in total. The van der Waals surface area contributed by atoms with Crippen LogP contribution in [0.5, 0.6) is 18.0 Å². The van der Waals surface area contributed by atoms with Gasteiger partial charge in [-0.25, -0.2) is 0 Å². The molecule has 100 valence electrons. The number of nitrogens with two attached hydrogens (primary N) is 1. The molecule has 0 unspecified atom stereocenters. The second-order valence-electron chi connectivity index (χ2n) is 4.25. The molecule has 1 aromatic rings. The van der Waals surface area contributed by atoms with E-state index in [2.05, 4.69) is 15.0 Å². The number of hydrogen-bond acceptors (Lipinski definition) is 7. The average Bonchev–Trinajstić information content (AvgIpc) is 2.41. The molecule has 0 amide bonds. The minimum Gasteiger partial charge on any atom is -0.467 e. The van der Waals surface area contributed by atoms with Gasteiger partial charge in [0, 0.05) is 6.04 Å². The van der Waals surface area contributed by atoms with E-state index in [1.54, 1.807) is 0 Å². The van der Waals surface area contributed by atoms with Crippen molar-refractivity contribution >= 4 is 0 Å². The van der Waals surface area contributed by atoms with Gasteiger partial charge in [-0.1, -0.05) is 0 Å². The van der Waals surface area contributed by atoms with Crippen LogP contribution in [0.4, 0.5) is 0 Å². The molecule has 1 fully saturated rings. The predicted molar refractivity (Wildman–Crippen MR) is 63.8 cm³/mol. The van der Waals surface area contributed by atoms with Crippen molar-refractivity contribution < 1.29 is 14.2 Å². The van der Waals surface area contributed by atoms with Crippen LogP contribution in [-0.4, -0.2) is 41.3 Å². The first-order valence-electron chi connectivity index (χ1n) is 5.97. The normalized spacial score (nSPS) is 23.5. The van der Waals surface area contributed by atoms with Crippen LogP contribution in [0.1, 0.15) is 25.7 Å². The van der Waals surface area contributed by atoms with Gasteiger partial charge in [-0.3, -0.25) is 0 Å². The second-order valence-corrected chi connectivity index (χ2v) is 4.25. The lowest BCUT2D eigenvalue weighted by atomic mass is 9.94. The predicted octanol–water partition coefficient (Wildman–Crippen LogP) is 0.537. The Hall–Kier alpha value is -1.63. The lowest BCUT2D eigenvalue weighted by Crippen LogP contribution is -2.32. The summed E-state index contributed by atoms with van der Waals surface area (Å²) in [4.78, 5) is 12.0. The highest BCUT2D eigenvalue weighted by molar-refractivity contribution is 5.09. The Morgan fingerprint density at radius 3 is 1.89 bits per heavy atom. The maximum atomic E-state index is 5.84. The summed E-state index contributed by atoms with van der Waals surface area (Å²) < 4.78 is 15.6. The Bertz CT molecular complexity index is 372. The van der Waals surface area contributed by atoms with Crippen LogP contribution in [-0.2, 0) is 0 Å². The van der Waals surface area contributed by atoms with Crippen molar-refractivity contribution in [3.63, 3.8) is 0 Å². The Balaban J connectivity index is 2.03. The number of ether oxygens (including phenoxy) is 3. The van der Waals surface area contributed by atoms with Crippen LogP contribution in [0.2, 0.25) is 0 Å². The molecule has 1 aromatic heterocycles. The van der Waals surface area contributed by atoms with Gasteiger partial charge < -0.3 is 19.9 Å². The third kappa shape index (κ3) is 3.19. The quantitative estimate of drug-likeness (QED) is 0.838. The van der Waals surface area contributed by atoms with E-state index in [4.69, 9.17) is 19.9 Å². The summed E-state index contributed by atoms with van der Waals surface area (Å²) >= 11 is 0. The molecular weight excluding hydrogens is 236 g/mol.